The summed E-state index contributed by atoms with van der Waals surface area (Å²) in [6, 6.07) is 5.23. The lowest BCUT2D eigenvalue weighted by Crippen LogP contribution is -2.15. The molecule has 1 unspecified atom stereocenters. The molecule has 0 aliphatic carbocycles. The number of carbonyl (C=O) groups is 1. The zero-order valence-corrected chi connectivity index (χ0v) is 13.3. The minimum absolute atomic E-state index is 0.176. The minimum Gasteiger partial charge on any atom is -0.480 e. The maximum Gasteiger partial charge on any atom is 0.316 e. The molecule has 0 saturated heterocycles. The molecule has 0 aliphatic rings. The summed E-state index contributed by atoms with van der Waals surface area (Å²) in [7, 11) is 0. The normalized spacial score (nSPS) is 12.3. The number of thioether (sulfide) groups is 1. The lowest BCUT2D eigenvalue weighted by Gasteiger charge is -2.12. The maximum atomic E-state index is 11.2. The van der Waals surface area contributed by atoms with Gasteiger partial charge >= 0.3 is 11.7 Å². The summed E-state index contributed by atoms with van der Waals surface area (Å²) in [6.45, 7) is 1.73. The van der Waals surface area contributed by atoms with Gasteiger partial charge in [-0.05, 0) is 24.6 Å². The molecule has 0 bridgehead atoms. The maximum absolute atomic E-state index is 11.2. The molecule has 0 spiro atoms. The van der Waals surface area contributed by atoms with Crippen LogP contribution in [0.25, 0.3) is 10.9 Å². The monoisotopic (exact) mass is 370 g/mol. The molecule has 0 aliphatic heterocycles. The van der Waals surface area contributed by atoms with Crippen LogP contribution in [-0.4, -0.2) is 26.2 Å². The molecule has 0 saturated carbocycles. The molecular weight excluding hydrogens is 360 g/mol. The summed E-state index contributed by atoms with van der Waals surface area (Å²) in [4.78, 5) is 26.2. The van der Waals surface area contributed by atoms with E-state index in [-0.39, 0.29) is 5.69 Å². The Labute approximate surface area is 132 Å². The van der Waals surface area contributed by atoms with Crippen LogP contribution < -0.4 is 0 Å². The molecule has 0 radical (unpaired) electrons. The fraction of sp³-hybridized carbons (Fsp3) is 0.231. The highest BCUT2D eigenvalue weighted by Crippen LogP contribution is 2.39. The zero-order chi connectivity index (χ0) is 15.6. The number of nitrogens with zero attached hydrogens (tertiary/aromatic N) is 2. The average Bonchev–Trinajstić information content (AvgIpc) is 2.43. The number of aromatic nitrogens is 1. The molecule has 1 atom stereocenters. The highest BCUT2D eigenvalue weighted by molar-refractivity contribution is 9.10. The van der Waals surface area contributed by atoms with Crippen LogP contribution in [0.3, 0.4) is 0 Å². The largest absolute Gasteiger partial charge is 0.480 e. The van der Waals surface area contributed by atoms with Crippen molar-refractivity contribution in [3.8, 4) is 0 Å². The number of rotatable bonds is 5. The van der Waals surface area contributed by atoms with Gasteiger partial charge in [0, 0.05) is 9.86 Å². The third kappa shape index (κ3) is 3.33. The van der Waals surface area contributed by atoms with Crippen LogP contribution in [0, 0.1) is 10.1 Å². The van der Waals surface area contributed by atoms with E-state index in [1.807, 2.05) is 0 Å². The molecule has 8 heteroatoms. The van der Waals surface area contributed by atoms with Crippen molar-refractivity contribution >= 4 is 50.3 Å². The summed E-state index contributed by atoms with van der Waals surface area (Å²) in [6.07, 6.45) is 1.54. The van der Waals surface area contributed by atoms with Gasteiger partial charge in [0.15, 0.2) is 0 Å². The second kappa shape index (κ2) is 6.40. The minimum atomic E-state index is -0.989. The van der Waals surface area contributed by atoms with Gasteiger partial charge in [-0.2, -0.15) is 0 Å². The first-order valence-electron chi connectivity index (χ1n) is 6.06. The highest BCUT2D eigenvalue weighted by atomic mass is 79.9. The van der Waals surface area contributed by atoms with Crippen molar-refractivity contribution in [2.75, 3.05) is 0 Å². The standard InChI is InChI=1S/C13H11BrN2O4S/c1-2-11(13(17)18)21-12-8-5-7(14)3-4-9(8)15-6-10(12)16(19)20/h3-6,11H,2H2,1H3,(H,17,18). The van der Waals surface area contributed by atoms with Crippen molar-refractivity contribution in [3.63, 3.8) is 0 Å². The molecule has 0 fully saturated rings. The van der Waals surface area contributed by atoms with Crippen LogP contribution in [0.1, 0.15) is 13.3 Å². The van der Waals surface area contributed by atoms with Crippen LogP contribution >= 0.6 is 27.7 Å². The Balaban J connectivity index is 2.66. The van der Waals surface area contributed by atoms with Gasteiger partial charge in [-0.25, -0.2) is 4.98 Å². The van der Waals surface area contributed by atoms with Gasteiger partial charge < -0.3 is 5.11 Å². The fourth-order valence-electron chi connectivity index (χ4n) is 1.83. The number of halogens is 1. The van der Waals surface area contributed by atoms with Crippen molar-refractivity contribution in [2.45, 2.75) is 23.5 Å². The van der Waals surface area contributed by atoms with Gasteiger partial charge in [0.05, 0.1) is 15.3 Å². The van der Waals surface area contributed by atoms with E-state index in [2.05, 4.69) is 20.9 Å². The van der Waals surface area contributed by atoms with Crippen molar-refractivity contribution in [1.29, 1.82) is 0 Å². The van der Waals surface area contributed by atoms with Crippen molar-refractivity contribution in [3.05, 3.63) is 39.0 Å². The van der Waals surface area contributed by atoms with Gasteiger partial charge in [-0.1, -0.05) is 22.9 Å². The molecule has 110 valence electrons. The number of benzene rings is 1. The van der Waals surface area contributed by atoms with E-state index in [4.69, 9.17) is 0 Å². The predicted molar refractivity (Wildman–Crippen MR) is 83.7 cm³/mol. The van der Waals surface area contributed by atoms with Crippen LogP contribution in [0.2, 0.25) is 0 Å². The van der Waals surface area contributed by atoms with Crippen molar-refractivity contribution in [1.82, 2.24) is 4.98 Å². The van der Waals surface area contributed by atoms with Crippen LogP contribution in [0.4, 0.5) is 5.69 Å². The van der Waals surface area contributed by atoms with E-state index >= 15 is 0 Å². The van der Waals surface area contributed by atoms with Gasteiger partial charge in [0.1, 0.15) is 11.4 Å². The Bertz CT molecular complexity index is 723. The highest BCUT2D eigenvalue weighted by Gasteiger charge is 2.25. The molecular formula is C13H11BrN2O4S. The number of carboxylic acid groups (broad SMARTS) is 1. The lowest BCUT2D eigenvalue weighted by atomic mass is 10.2. The number of nitro groups is 1. The smallest absolute Gasteiger partial charge is 0.316 e. The van der Waals surface area contributed by atoms with E-state index in [0.717, 1.165) is 16.2 Å². The summed E-state index contributed by atoms with van der Waals surface area (Å²) in [5, 5.41) is 20.2. The van der Waals surface area contributed by atoms with Gasteiger partial charge in [0.25, 0.3) is 0 Å². The van der Waals surface area contributed by atoms with Crippen LogP contribution in [-0.2, 0) is 4.79 Å². The zero-order valence-electron chi connectivity index (χ0n) is 10.9. The first-order valence-corrected chi connectivity index (χ1v) is 7.73. The molecule has 0 amide bonds. The number of hydrogen-bond acceptors (Lipinski definition) is 5. The quantitative estimate of drug-likeness (QED) is 0.487. The number of carboxylic acids is 1. The summed E-state index contributed by atoms with van der Waals surface area (Å²) in [5.41, 5.74) is 0.414. The Hall–Kier alpha value is -1.67. The van der Waals surface area contributed by atoms with Gasteiger partial charge in [-0.15, -0.1) is 11.8 Å². The lowest BCUT2D eigenvalue weighted by molar-refractivity contribution is -0.387. The number of fused-ring (bicyclic) bond motifs is 1. The Kier molecular flexibility index (Phi) is 4.79. The Morgan fingerprint density at radius 2 is 2.29 bits per heavy atom. The predicted octanol–water partition coefficient (Wildman–Crippen LogP) is 3.86. The number of pyridine rings is 1. The third-order valence-corrected chi connectivity index (χ3v) is 4.84. The van der Waals surface area contributed by atoms with E-state index in [1.54, 1.807) is 25.1 Å². The molecule has 1 aromatic heterocycles. The van der Waals surface area contributed by atoms with E-state index in [0.29, 0.717) is 22.2 Å². The van der Waals surface area contributed by atoms with Gasteiger partial charge in [0.2, 0.25) is 0 Å². The van der Waals surface area contributed by atoms with E-state index in [9.17, 15) is 20.0 Å². The third-order valence-electron chi connectivity index (χ3n) is 2.86. The molecule has 1 aromatic carbocycles. The Morgan fingerprint density at radius 1 is 1.57 bits per heavy atom. The first kappa shape index (κ1) is 15.7. The van der Waals surface area contributed by atoms with Crippen LogP contribution in [0.5, 0.6) is 0 Å². The molecule has 2 rings (SSSR count). The average molecular weight is 371 g/mol. The summed E-state index contributed by atoms with van der Waals surface area (Å²) >= 11 is 4.31. The van der Waals surface area contributed by atoms with Crippen LogP contribution in [0.15, 0.2) is 33.8 Å². The second-order valence-electron chi connectivity index (χ2n) is 4.24. The first-order chi connectivity index (χ1) is 9.93. The van der Waals surface area contributed by atoms with Crippen molar-refractivity contribution < 1.29 is 14.8 Å². The second-order valence-corrected chi connectivity index (χ2v) is 6.37. The van der Waals surface area contributed by atoms with E-state index < -0.39 is 16.1 Å². The molecule has 1 N–H and O–H groups in total. The summed E-state index contributed by atoms with van der Waals surface area (Å²) < 4.78 is 0.752. The van der Waals surface area contributed by atoms with Crippen molar-refractivity contribution in [2.24, 2.45) is 0 Å². The van der Waals surface area contributed by atoms with E-state index in [1.165, 1.54) is 6.20 Å². The fourth-order valence-corrected chi connectivity index (χ4v) is 3.29. The molecule has 1 heterocycles. The molecule has 21 heavy (non-hydrogen) atoms. The van der Waals surface area contributed by atoms with Gasteiger partial charge in [-0.3, -0.25) is 14.9 Å². The topological polar surface area (TPSA) is 93.3 Å². The summed E-state index contributed by atoms with van der Waals surface area (Å²) in [5.74, 6) is -0.989. The number of aliphatic carboxylic acids is 1. The molecule has 2 aromatic rings. The SMILES string of the molecule is CCC(Sc1c([N+](=O)[O-])cnc2ccc(Br)cc12)C(=O)O. The molecule has 6 nitrogen and oxygen atoms in total. The Morgan fingerprint density at radius 3 is 2.86 bits per heavy atom. The number of hydrogen-bond donors (Lipinski definition) is 1.